The zero-order valence-electron chi connectivity index (χ0n) is 9.99. The lowest BCUT2D eigenvalue weighted by atomic mass is 10.0. The highest BCUT2D eigenvalue weighted by Crippen LogP contribution is 2.40. The first-order valence-corrected chi connectivity index (χ1v) is 6.72. The number of ether oxygens (including phenoxy) is 1. The highest BCUT2D eigenvalue weighted by atomic mass is 35.5. The summed E-state index contributed by atoms with van der Waals surface area (Å²) in [7, 11) is 0. The van der Waals surface area contributed by atoms with Crippen LogP contribution in [0.2, 0.25) is 5.02 Å². The Labute approximate surface area is 111 Å². The first-order valence-electron chi connectivity index (χ1n) is 6.34. The van der Waals surface area contributed by atoms with Crippen LogP contribution >= 0.6 is 11.6 Å². The standard InChI is InChI=1S/C14H15ClO3/c15-12-7-11-9(3-4-13(11)18-14(16)17)6-10(12)5-8-1-2-8/h6-8,13H,1-5H2,(H,16,17). The molecule has 0 spiro atoms. The van der Waals surface area contributed by atoms with E-state index in [9.17, 15) is 4.79 Å². The van der Waals surface area contributed by atoms with E-state index in [1.54, 1.807) is 0 Å². The summed E-state index contributed by atoms with van der Waals surface area (Å²) in [6.45, 7) is 0. The van der Waals surface area contributed by atoms with Gasteiger partial charge in [-0.3, -0.25) is 0 Å². The van der Waals surface area contributed by atoms with Gasteiger partial charge in [0.1, 0.15) is 6.10 Å². The van der Waals surface area contributed by atoms with Crippen molar-refractivity contribution in [2.75, 3.05) is 0 Å². The summed E-state index contributed by atoms with van der Waals surface area (Å²) in [6, 6.07) is 4.04. The van der Waals surface area contributed by atoms with Crippen molar-refractivity contribution in [3.63, 3.8) is 0 Å². The molecule has 96 valence electrons. The number of halogens is 1. The maximum atomic E-state index is 10.6. The predicted molar refractivity (Wildman–Crippen MR) is 68.1 cm³/mol. The van der Waals surface area contributed by atoms with E-state index in [4.69, 9.17) is 21.4 Å². The van der Waals surface area contributed by atoms with E-state index in [0.717, 1.165) is 35.8 Å². The Balaban J connectivity index is 1.86. The third kappa shape index (κ3) is 2.32. The van der Waals surface area contributed by atoms with Crippen LogP contribution in [0.3, 0.4) is 0 Å². The minimum Gasteiger partial charge on any atom is -0.450 e. The van der Waals surface area contributed by atoms with Crippen LogP contribution in [-0.4, -0.2) is 11.3 Å². The molecule has 4 heteroatoms. The maximum Gasteiger partial charge on any atom is 0.506 e. The van der Waals surface area contributed by atoms with Crippen LogP contribution in [0.25, 0.3) is 0 Å². The smallest absolute Gasteiger partial charge is 0.450 e. The number of rotatable bonds is 3. The molecule has 0 radical (unpaired) electrons. The van der Waals surface area contributed by atoms with Gasteiger partial charge in [0, 0.05) is 5.02 Å². The summed E-state index contributed by atoms with van der Waals surface area (Å²) < 4.78 is 4.88. The Morgan fingerprint density at radius 1 is 1.39 bits per heavy atom. The first-order chi connectivity index (χ1) is 8.63. The van der Waals surface area contributed by atoms with Crippen molar-refractivity contribution in [1.29, 1.82) is 0 Å². The van der Waals surface area contributed by atoms with Gasteiger partial charge in [0.25, 0.3) is 0 Å². The van der Waals surface area contributed by atoms with Gasteiger partial charge in [0.05, 0.1) is 0 Å². The van der Waals surface area contributed by atoms with E-state index < -0.39 is 6.16 Å². The summed E-state index contributed by atoms with van der Waals surface area (Å²) in [5.74, 6) is 0.799. The summed E-state index contributed by atoms with van der Waals surface area (Å²) in [5.41, 5.74) is 3.34. The second kappa shape index (κ2) is 4.47. The molecule has 2 aliphatic rings. The molecule has 0 heterocycles. The SMILES string of the molecule is O=C(O)OC1CCc2cc(CC3CC3)c(Cl)cc21. The van der Waals surface area contributed by atoms with Crippen molar-refractivity contribution in [3.8, 4) is 0 Å². The molecule has 0 aromatic heterocycles. The number of hydrogen-bond donors (Lipinski definition) is 1. The van der Waals surface area contributed by atoms with Crippen LogP contribution in [0.4, 0.5) is 4.79 Å². The van der Waals surface area contributed by atoms with Gasteiger partial charge in [-0.25, -0.2) is 4.79 Å². The van der Waals surface area contributed by atoms with Gasteiger partial charge < -0.3 is 9.84 Å². The Morgan fingerprint density at radius 3 is 2.83 bits per heavy atom. The monoisotopic (exact) mass is 266 g/mol. The molecule has 1 saturated carbocycles. The van der Waals surface area contributed by atoms with Crippen molar-refractivity contribution in [2.45, 2.75) is 38.2 Å². The molecular formula is C14H15ClO3. The molecule has 1 unspecified atom stereocenters. The van der Waals surface area contributed by atoms with Crippen molar-refractivity contribution in [1.82, 2.24) is 0 Å². The molecule has 1 aromatic carbocycles. The number of hydrogen-bond acceptors (Lipinski definition) is 2. The largest absolute Gasteiger partial charge is 0.506 e. The number of carbonyl (C=O) groups is 1. The van der Waals surface area contributed by atoms with Crippen LogP contribution in [0.1, 0.15) is 42.1 Å². The zero-order valence-corrected chi connectivity index (χ0v) is 10.7. The second-order valence-corrected chi connectivity index (χ2v) is 5.61. The second-order valence-electron chi connectivity index (χ2n) is 5.20. The molecular weight excluding hydrogens is 252 g/mol. The van der Waals surface area contributed by atoms with E-state index in [1.807, 2.05) is 6.07 Å². The molecule has 1 N–H and O–H groups in total. The van der Waals surface area contributed by atoms with Crippen LogP contribution in [0.15, 0.2) is 12.1 Å². The van der Waals surface area contributed by atoms with Gasteiger partial charge in [0.15, 0.2) is 0 Å². The number of benzene rings is 1. The minimum atomic E-state index is -1.22. The average molecular weight is 267 g/mol. The van der Waals surface area contributed by atoms with Gasteiger partial charge in [-0.1, -0.05) is 17.7 Å². The average Bonchev–Trinajstić information content (AvgIpc) is 3.04. The molecule has 18 heavy (non-hydrogen) atoms. The van der Waals surface area contributed by atoms with Crippen LogP contribution in [0, 0.1) is 5.92 Å². The minimum absolute atomic E-state index is 0.343. The Kier molecular flexibility index (Phi) is 2.94. The van der Waals surface area contributed by atoms with Gasteiger partial charge in [0.2, 0.25) is 0 Å². The maximum absolute atomic E-state index is 10.6. The van der Waals surface area contributed by atoms with Crippen LogP contribution in [0.5, 0.6) is 0 Å². The normalized spacial score (nSPS) is 21.7. The third-order valence-corrected chi connectivity index (χ3v) is 4.13. The lowest BCUT2D eigenvalue weighted by Crippen LogP contribution is -2.06. The Hall–Kier alpha value is -1.22. The number of carboxylic acid groups (broad SMARTS) is 1. The van der Waals surface area contributed by atoms with Gasteiger partial charge >= 0.3 is 6.16 Å². The van der Waals surface area contributed by atoms with Crippen molar-refractivity contribution in [3.05, 3.63) is 33.8 Å². The molecule has 2 aliphatic carbocycles. The highest BCUT2D eigenvalue weighted by Gasteiger charge is 2.28. The molecule has 3 nitrogen and oxygen atoms in total. The van der Waals surface area contributed by atoms with Gasteiger partial charge in [-0.05, 0) is 60.8 Å². The van der Waals surface area contributed by atoms with Crippen LogP contribution < -0.4 is 0 Å². The molecule has 0 aliphatic heterocycles. The zero-order chi connectivity index (χ0) is 12.7. The van der Waals surface area contributed by atoms with Crippen molar-refractivity contribution in [2.24, 2.45) is 5.92 Å². The summed E-state index contributed by atoms with van der Waals surface area (Å²) >= 11 is 6.28. The van der Waals surface area contributed by atoms with Crippen LogP contribution in [-0.2, 0) is 17.6 Å². The number of aryl methyl sites for hydroxylation is 1. The summed E-state index contributed by atoms with van der Waals surface area (Å²) in [6.07, 6.45) is 3.70. The number of fused-ring (bicyclic) bond motifs is 1. The quantitative estimate of drug-likeness (QED) is 0.842. The lowest BCUT2D eigenvalue weighted by Gasteiger charge is -2.12. The molecule has 1 aromatic rings. The topological polar surface area (TPSA) is 46.5 Å². The fraction of sp³-hybridized carbons (Fsp3) is 0.500. The van der Waals surface area contributed by atoms with E-state index in [-0.39, 0.29) is 6.10 Å². The first kappa shape index (κ1) is 11.8. The van der Waals surface area contributed by atoms with Crippen molar-refractivity contribution >= 4 is 17.8 Å². The molecule has 0 bridgehead atoms. The van der Waals surface area contributed by atoms with Gasteiger partial charge in [-0.2, -0.15) is 0 Å². The predicted octanol–water partition coefficient (Wildman–Crippen LogP) is 3.97. The Morgan fingerprint density at radius 2 is 2.17 bits per heavy atom. The summed E-state index contributed by atoms with van der Waals surface area (Å²) in [5, 5.41) is 9.45. The highest BCUT2D eigenvalue weighted by molar-refractivity contribution is 6.31. The summed E-state index contributed by atoms with van der Waals surface area (Å²) in [4.78, 5) is 10.6. The molecule has 3 rings (SSSR count). The Bertz CT molecular complexity index is 494. The van der Waals surface area contributed by atoms with Gasteiger partial charge in [-0.15, -0.1) is 0 Å². The fourth-order valence-corrected chi connectivity index (χ4v) is 2.93. The van der Waals surface area contributed by atoms with E-state index >= 15 is 0 Å². The molecule has 0 amide bonds. The molecule has 1 atom stereocenters. The third-order valence-electron chi connectivity index (χ3n) is 3.78. The molecule has 0 saturated heterocycles. The molecule has 1 fully saturated rings. The van der Waals surface area contributed by atoms with E-state index in [0.29, 0.717) is 0 Å². The van der Waals surface area contributed by atoms with E-state index in [1.165, 1.54) is 24.0 Å². The lowest BCUT2D eigenvalue weighted by molar-refractivity contribution is 0.0520. The fourth-order valence-electron chi connectivity index (χ4n) is 2.68. The van der Waals surface area contributed by atoms with Crippen molar-refractivity contribution < 1.29 is 14.6 Å². The van der Waals surface area contributed by atoms with E-state index in [2.05, 4.69) is 6.07 Å².